The summed E-state index contributed by atoms with van der Waals surface area (Å²) in [6.07, 6.45) is 1.55. The molecular weight excluding hydrogens is 382 g/mol. The second-order valence-electron chi connectivity index (χ2n) is 7.68. The molecule has 7 heteroatoms. The average Bonchev–Trinajstić information content (AvgIpc) is 3.17. The SMILES string of the molecule is COC(CNC(=O)C(=O)Nc1cc2c3c(c1)CCN3C(=O)CC2)c1ccccc1C. The van der Waals surface area contributed by atoms with Crippen LogP contribution in [0.15, 0.2) is 36.4 Å². The molecule has 156 valence electrons. The summed E-state index contributed by atoms with van der Waals surface area (Å²) >= 11 is 0. The van der Waals surface area contributed by atoms with Gasteiger partial charge in [-0.05, 0) is 54.2 Å². The molecule has 1 atom stereocenters. The van der Waals surface area contributed by atoms with Gasteiger partial charge in [0.05, 0.1) is 11.8 Å². The first kappa shape index (κ1) is 20.1. The first-order valence-electron chi connectivity index (χ1n) is 10.1. The fourth-order valence-electron chi connectivity index (χ4n) is 4.25. The second-order valence-corrected chi connectivity index (χ2v) is 7.68. The molecular formula is C23H25N3O4. The number of carbonyl (C=O) groups excluding carboxylic acids is 3. The number of methoxy groups -OCH3 is 1. The fraction of sp³-hybridized carbons (Fsp3) is 0.348. The number of nitrogens with one attached hydrogen (secondary N) is 2. The summed E-state index contributed by atoms with van der Waals surface area (Å²) in [6.45, 7) is 2.85. The van der Waals surface area contributed by atoms with E-state index in [-0.39, 0.29) is 18.6 Å². The van der Waals surface area contributed by atoms with E-state index in [1.54, 1.807) is 7.11 Å². The van der Waals surface area contributed by atoms with Crippen LogP contribution in [0.4, 0.5) is 11.4 Å². The number of carbonyl (C=O) groups is 3. The molecule has 7 nitrogen and oxygen atoms in total. The monoisotopic (exact) mass is 407 g/mol. The Morgan fingerprint density at radius 2 is 1.83 bits per heavy atom. The summed E-state index contributed by atoms with van der Waals surface area (Å²) in [5, 5.41) is 5.35. The summed E-state index contributed by atoms with van der Waals surface area (Å²) in [5.74, 6) is -1.28. The Morgan fingerprint density at radius 1 is 1.10 bits per heavy atom. The Hall–Kier alpha value is -3.19. The van der Waals surface area contributed by atoms with Crippen LogP contribution in [0, 0.1) is 6.92 Å². The number of hydrogen-bond acceptors (Lipinski definition) is 4. The lowest BCUT2D eigenvalue weighted by atomic mass is 9.98. The van der Waals surface area contributed by atoms with Crippen LogP contribution in [0.2, 0.25) is 0 Å². The van der Waals surface area contributed by atoms with Gasteiger partial charge in [-0.3, -0.25) is 14.4 Å². The van der Waals surface area contributed by atoms with Gasteiger partial charge >= 0.3 is 11.8 Å². The molecule has 0 aliphatic carbocycles. The maximum atomic E-state index is 12.4. The zero-order valence-electron chi connectivity index (χ0n) is 17.2. The third kappa shape index (κ3) is 3.80. The van der Waals surface area contributed by atoms with Crippen molar-refractivity contribution < 1.29 is 19.1 Å². The lowest BCUT2D eigenvalue weighted by molar-refractivity contribution is -0.136. The van der Waals surface area contributed by atoms with Crippen LogP contribution in [-0.4, -0.2) is 37.9 Å². The van der Waals surface area contributed by atoms with Gasteiger partial charge in [-0.25, -0.2) is 0 Å². The number of aryl methyl sites for hydroxylation is 2. The number of anilines is 2. The number of hydrogen-bond donors (Lipinski definition) is 2. The third-order valence-electron chi connectivity index (χ3n) is 5.78. The van der Waals surface area contributed by atoms with Crippen molar-refractivity contribution >= 4 is 29.1 Å². The Balaban J connectivity index is 1.40. The lowest BCUT2D eigenvalue weighted by Crippen LogP contribution is -2.38. The molecule has 0 aromatic heterocycles. The molecule has 2 aliphatic heterocycles. The number of rotatable bonds is 5. The molecule has 4 rings (SSSR count). The van der Waals surface area contributed by atoms with E-state index in [1.807, 2.05) is 48.2 Å². The predicted octanol–water partition coefficient (Wildman–Crippen LogP) is 2.27. The van der Waals surface area contributed by atoms with E-state index in [2.05, 4.69) is 10.6 Å². The first-order chi connectivity index (χ1) is 14.5. The molecule has 30 heavy (non-hydrogen) atoms. The number of benzene rings is 2. The molecule has 2 aliphatic rings. The standard InChI is InChI=1S/C23H25N3O4/c1-14-5-3-4-6-18(14)19(30-2)13-24-22(28)23(29)25-17-11-15-7-8-20(27)26-10-9-16(12-17)21(15)26/h3-6,11-12,19H,7-10,13H2,1-2H3,(H,24,28)(H,25,29). The van der Waals surface area contributed by atoms with Gasteiger partial charge in [0, 0.05) is 32.3 Å². The molecule has 1 unspecified atom stereocenters. The van der Waals surface area contributed by atoms with Crippen molar-refractivity contribution in [2.45, 2.75) is 32.3 Å². The minimum atomic E-state index is -0.719. The van der Waals surface area contributed by atoms with E-state index in [0.717, 1.165) is 34.4 Å². The molecule has 2 aromatic carbocycles. The Kier molecular flexibility index (Phi) is 5.55. The molecule has 0 fully saturated rings. The highest BCUT2D eigenvalue weighted by Gasteiger charge is 2.31. The van der Waals surface area contributed by atoms with Crippen molar-refractivity contribution in [3.8, 4) is 0 Å². The molecule has 0 saturated carbocycles. The molecule has 0 saturated heterocycles. The van der Waals surface area contributed by atoms with Crippen molar-refractivity contribution in [2.75, 3.05) is 30.4 Å². The van der Waals surface area contributed by atoms with Crippen LogP contribution >= 0.6 is 0 Å². The largest absolute Gasteiger partial charge is 0.375 e. The number of amides is 3. The lowest BCUT2D eigenvalue weighted by Gasteiger charge is -2.25. The molecule has 0 bridgehead atoms. The van der Waals surface area contributed by atoms with Crippen LogP contribution in [0.5, 0.6) is 0 Å². The highest BCUT2D eigenvalue weighted by Crippen LogP contribution is 2.38. The van der Waals surface area contributed by atoms with Crippen molar-refractivity contribution in [1.82, 2.24) is 5.32 Å². The molecule has 2 N–H and O–H groups in total. The van der Waals surface area contributed by atoms with E-state index >= 15 is 0 Å². The summed E-state index contributed by atoms with van der Waals surface area (Å²) in [5.41, 5.74) is 5.67. The van der Waals surface area contributed by atoms with Crippen molar-refractivity contribution in [1.29, 1.82) is 0 Å². The van der Waals surface area contributed by atoms with Gasteiger partial charge in [0.25, 0.3) is 0 Å². The predicted molar refractivity (Wildman–Crippen MR) is 113 cm³/mol. The number of ether oxygens (including phenoxy) is 1. The second kappa shape index (κ2) is 8.28. The highest BCUT2D eigenvalue weighted by atomic mass is 16.5. The van der Waals surface area contributed by atoms with E-state index in [0.29, 0.717) is 25.1 Å². The Bertz CT molecular complexity index is 1020. The molecule has 0 radical (unpaired) electrons. The molecule has 2 heterocycles. The van der Waals surface area contributed by atoms with Crippen LogP contribution in [0.3, 0.4) is 0 Å². The highest BCUT2D eigenvalue weighted by molar-refractivity contribution is 6.39. The minimum Gasteiger partial charge on any atom is -0.375 e. The van der Waals surface area contributed by atoms with Gasteiger partial charge in [0.1, 0.15) is 0 Å². The van der Waals surface area contributed by atoms with E-state index in [1.165, 1.54) is 0 Å². The van der Waals surface area contributed by atoms with Gasteiger partial charge < -0.3 is 20.3 Å². The summed E-state index contributed by atoms with van der Waals surface area (Å²) in [7, 11) is 1.58. The maximum Gasteiger partial charge on any atom is 0.313 e. The average molecular weight is 407 g/mol. The Labute approximate surface area is 175 Å². The van der Waals surface area contributed by atoms with Crippen LogP contribution < -0.4 is 15.5 Å². The fourth-order valence-corrected chi connectivity index (χ4v) is 4.25. The van der Waals surface area contributed by atoms with Gasteiger partial charge in [-0.2, -0.15) is 0 Å². The smallest absolute Gasteiger partial charge is 0.313 e. The van der Waals surface area contributed by atoms with Crippen LogP contribution in [-0.2, 0) is 32.0 Å². The molecule has 3 amide bonds. The number of nitrogens with zero attached hydrogens (tertiary/aromatic N) is 1. The van der Waals surface area contributed by atoms with E-state index < -0.39 is 11.8 Å². The van der Waals surface area contributed by atoms with Gasteiger partial charge in [0.2, 0.25) is 5.91 Å². The van der Waals surface area contributed by atoms with Crippen molar-refractivity contribution in [3.63, 3.8) is 0 Å². The normalized spacial score (nSPS) is 15.5. The van der Waals surface area contributed by atoms with Crippen LogP contribution in [0.1, 0.15) is 34.8 Å². The first-order valence-corrected chi connectivity index (χ1v) is 10.1. The summed E-state index contributed by atoms with van der Waals surface area (Å²) in [6, 6.07) is 11.5. The van der Waals surface area contributed by atoms with E-state index in [9.17, 15) is 14.4 Å². The van der Waals surface area contributed by atoms with E-state index in [4.69, 9.17) is 4.74 Å². The zero-order valence-corrected chi connectivity index (χ0v) is 17.2. The van der Waals surface area contributed by atoms with Crippen molar-refractivity contribution in [2.24, 2.45) is 0 Å². The minimum absolute atomic E-state index is 0.152. The topological polar surface area (TPSA) is 87.7 Å². The maximum absolute atomic E-state index is 12.4. The van der Waals surface area contributed by atoms with Crippen molar-refractivity contribution in [3.05, 3.63) is 58.7 Å². The van der Waals surface area contributed by atoms with Crippen LogP contribution in [0.25, 0.3) is 0 Å². The van der Waals surface area contributed by atoms with Gasteiger partial charge in [-0.15, -0.1) is 0 Å². The summed E-state index contributed by atoms with van der Waals surface area (Å²) < 4.78 is 5.49. The molecule has 2 aromatic rings. The zero-order chi connectivity index (χ0) is 21.3. The summed E-state index contributed by atoms with van der Waals surface area (Å²) in [4.78, 5) is 38.6. The van der Waals surface area contributed by atoms with Gasteiger partial charge in [0.15, 0.2) is 0 Å². The van der Waals surface area contributed by atoms with Gasteiger partial charge in [-0.1, -0.05) is 24.3 Å². The third-order valence-corrected chi connectivity index (χ3v) is 5.78. The Morgan fingerprint density at radius 3 is 2.57 bits per heavy atom. The quantitative estimate of drug-likeness (QED) is 0.745. The molecule has 0 spiro atoms.